The number of amides is 1. The molecule has 3 aromatic rings. The molecule has 2 aromatic heterocycles. The monoisotopic (exact) mass is 359 g/mol. The van der Waals surface area contributed by atoms with E-state index in [0.717, 1.165) is 4.88 Å². The molecule has 0 unspecified atom stereocenters. The first kappa shape index (κ1) is 17.2. The topological polar surface area (TPSA) is 72.7 Å². The predicted octanol–water partition coefficient (Wildman–Crippen LogP) is 3.05. The zero-order valence-electron chi connectivity index (χ0n) is 13.9. The van der Waals surface area contributed by atoms with Crippen molar-refractivity contribution in [1.82, 2.24) is 25.5 Å². The second-order valence-electron chi connectivity index (χ2n) is 5.95. The lowest BCUT2D eigenvalue weighted by molar-refractivity contribution is -0.123. The van der Waals surface area contributed by atoms with Gasteiger partial charge in [-0.25, -0.2) is 4.39 Å². The third-order valence-electron chi connectivity index (χ3n) is 3.67. The molecule has 0 spiro atoms. The molecule has 0 aliphatic heterocycles. The number of carbonyl (C=O) groups is 1. The van der Waals surface area contributed by atoms with Crippen molar-refractivity contribution in [2.75, 3.05) is 0 Å². The van der Waals surface area contributed by atoms with Crippen molar-refractivity contribution < 1.29 is 9.18 Å². The highest BCUT2D eigenvalue weighted by molar-refractivity contribution is 7.10. The molecule has 25 heavy (non-hydrogen) atoms. The van der Waals surface area contributed by atoms with Crippen molar-refractivity contribution in [3.8, 4) is 11.4 Å². The van der Waals surface area contributed by atoms with Crippen LogP contribution in [0.25, 0.3) is 11.4 Å². The average molecular weight is 359 g/mol. The van der Waals surface area contributed by atoms with Crippen LogP contribution in [0.1, 0.15) is 24.8 Å². The summed E-state index contributed by atoms with van der Waals surface area (Å²) in [5, 5.41) is 17.0. The number of halogens is 1. The first-order chi connectivity index (χ1) is 12.0. The fraction of sp³-hybridized carbons (Fsp3) is 0.294. The lowest BCUT2D eigenvalue weighted by Gasteiger charge is -2.21. The van der Waals surface area contributed by atoms with E-state index in [2.05, 4.69) is 34.6 Å². The van der Waals surface area contributed by atoms with E-state index in [1.807, 2.05) is 17.5 Å². The van der Waals surface area contributed by atoms with Crippen LogP contribution in [0, 0.1) is 11.7 Å². The zero-order chi connectivity index (χ0) is 17.8. The van der Waals surface area contributed by atoms with Crippen molar-refractivity contribution in [3.05, 3.63) is 52.5 Å². The fourth-order valence-corrected chi connectivity index (χ4v) is 3.36. The molecule has 0 aliphatic rings. The van der Waals surface area contributed by atoms with Crippen molar-refractivity contribution in [1.29, 1.82) is 0 Å². The summed E-state index contributed by atoms with van der Waals surface area (Å²) < 4.78 is 13.0. The minimum absolute atomic E-state index is 0.0250. The van der Waals surface area contributed by atoms with Gasteiger partial charge in [-0.1, -0.05) is 19.9 Å². The Hall–Kier alpha value is -2.61. The number of rotatable bonds is 6. The maximum Gasteiger partial charge on any atom is 0.244 e. The number of benzene rings is 1. The van der Waals surface area contributed by atoms with Crippen molar-refractivity contribution in [3.63, 3.8) is 0 Å². The molecule has 0 fully saturated rings. The Kier molecular flexibility index (Phi) is 5.18. The number of nitrogens with zero attached hydrogens (tertiary/aromatic N) is 4. The van der Waals surface area contributed by atoms with E-state index < -0.39 is 0 Å². The number of hydrogen-bond donors (Lipinski definition) is 1. The van der Waals surface area contributed by atoms with E-state index in [9.17, 15) is 9.18 Å². The summed E-state index contributed by atoms with van der Waals surface area (Å²) in [6.07, 6.45) is 0. The van der Waals surface area contributed by atoms with Crippen molar-refractivity contribution in [2.45, 2.75) is 26.4 Å². The lowest BCUT2D eigenvalue weighted by Crippen LogP contribution is -2.34. The van der Waals surface area contributed by atoms with Gasteiger partial charge in [0.2, 0.25) is 11.7 Å². The number of thiophene rings is 1. The molecule has 130 valence electrons. The van der Waals surface area contributed by atoms with Crippen LogP contribution >= 0.6 is 11.3 Å². The van der Waals surface area contributed by atoms with Gasteiger partial charge in [0.15, 0.2) is 0 Å². The molecule has 0 aliphatic carbocycles. The highest BCUT2D eigenvalue weighted by atomic mass is 32.1. The summed E-state index contributed by atoms with van der Waals surface area (Å²) in [7, 11) is 0. The average Bonchev–Trinajstić information content (AvgIpc) is 3.25. The van der Waals surface area contributed by atoms with Crippen LogP contribution < -0.4 is 5.32 Å². The number of hydrogen-bond acceptors (Lipinski definition) is 5. The van der Waals surface area contributed by atoms with Crippen LogP contribution in [0.15, 0.2) is 41.8 Å². The van der Waals surface area contributed by atoms with Crippen LogP contribution in [0.2, 0.25) is 0 Å². The third-order valence-corrected chi connectivity index (χ3v) is 4.63. The van der Waals surface area contributed by atoms with Crippen LogP contribution in [-0.4, -0.2) is 26.1 Å². The van der Waals surface area contributed by atoms with E-state index in [4.69, 9.17) is 0 Å². The van der Waals surface area contributed by atoms with Gasteiger partial charge in [-0.2, -0.15) is 4.80 Å². The SMILES string of the molecule is CC(C)[C@@H](NC(=O)Cn1nnc(-c2ccc(F)cc2)n1)c1cccs1. The summed E-state index contributed by atoms with van der Waals surface area (Å²) in [5.74, 6) is 0.103. The molecule has 0 saturated heterocycles. The van der Waals surface area contributed by atoms with E-state index >= 15 is 0 Å². The largest absolute Gasteiger partial charge is 0.347 e. The molecule has 0 bridgehead atoms. The zero-order valence-corrected chi connectivity index (χ0v) is 14.7. The second-order valence-corrected chi connectivity index (χ2v) is 6.93. The Labute approximate surface area is 148 Å². The van der Waals surface area contributed by atoms with E-state index in [0.29, 0.717) is 11.4 Å². The lowest BCUT2D eigenvalue weighted by atomic mass is 10.0. The highest BCUT2D eigenvalue weighted by Crippen LogP contribution is 2.25. The maximum absolute atomic E-state index is 13.0. The quantitative estimate of drug-likeness (QED) is 0.734. The Morgan fingerprint density at radius 2 is 2.04 bits per heavy atom. The van der Waals surface area contributed by atoms with Gasteiger partial charge >= 0.3 is 0 Å². The third kappa shape index (κ3) is 4.27. The summed E-state index contributed by atoms with van der Waals surface area (Å²) in [6.45, 7) is 4.10. The molecule has 2 heterocycles. The van der Waals surface area contributed by atoms with E-state index in [-0.39, 0.29) is 30.2 Å². The minimum Gasteiger partial charge on any atom is -0.347 e. The van der Waals surface area contributed by atoms with Crippen molar-refractivity contribution >= 4 is 17.2 Å². The van der Waals surface area contributed by atoms with Gasteiger partial charge in [-0.15, -0.1) is 21.5 Å². The normalized spacial score (nSPS) is 12.3. The first-order valence-electron chi connectivity index (χ1n) is 7.89. The molecule has 1 aromatic carbocycles. The summed E-state index contributed by atoms with van der Waals surface area (Å²) in [5.41, 5.74) is 0.645. The van der Waals surface area contributed by atoms with Gasteiger partial charge in [0, 0.05) is 10.4 Å². The maximum atomic E-state index is 13.0. The summed E-state index contributed by atoms with van der Waals surface area (Å²) in [6, 6.07) is 9.73. The van der Waals surface area contributed by atoms with Crippen LogP contribution in [-0.2, 0) is 11.3 Å². The van der Waals surface area contributed by atoms with E-state index in [1.54, 1.807) is 23.5 Å². The first-order valence-corrected chi connectivity index (χ1v) is 8.77. The van der Waals surface area contributed by atoms with E-state index in [1.165, 1.54) is 16.9 Å². The summed E-state index contributed by atoms with van der Waals surface area (Å²) >= 11 is 1.61. The second kappa shape index (κ2) is 7.52. The molecule has 1 atom stereocenters. The Morgan fingerprint density at radius 1 is 1.28 bits per heavy atom. The summed E-state index contributed by atoms with van der Waals surface area (Å²) in [4.78, 5) is 14.7. The molecule has 0 radical (unpaired) electrons. The minimum atomic E-state index is -0.330. The van der Waals surface area contributed by atoms with Crippen LogP contribution in [0.4, 0.5) is 4.39 Å². The highest BCUT2D eigenvalue weighted by Gasteiger charge is 2.20. The van der Waals surface area contributed by atoms with Gasteiger partial charge in [0.25, 0.3) is 0 Å². The van der Waals surface area contributed by atoms with Gasteiger partial charge in [-0.3, -0.25) is 4.79 Å². The number of nitrogens with one attached hydrogen (secondary N) is 1. The van der Waals surface area contributed by atoms with Crippen LogP contribution in [0.3, 0.4) is 0 Å². The Balaban J connectivity index is 1.66. The number of tetrazole rings is 1. The van der Waals surface area contributed by atoms with Gasteiger partial charge in [0.05, 0.1) is 6.04 Å². The molecule has 8 heteroatoms. The molecule has 0 saturated carbocycles. The molecular weight excluding hydrogens is 341 g/mol. The molecule has 6 nitrogen and oxygen atoms in total. The predicted molar refractivity (Wildman–Crippen MR) is 93.3 cm³/mol. The molecular formula is C17H18FN5OS. The van der Waals surface area contributed by atoms with Gasteiger partial charge < -0.3 is 5.32 Å². The Morgan fingerprint density at radius 3 is 2.68 bits per heavy atom. The molecule has 1 N–H and O–H groups in total. The Bertz CT molecular complexity index is 829. The number of aromatic nitrogens is 4. The fourth-order valence-electron chi connectivity index (χ4n) is 2.41. The van der Waals surface area contributed by atoms with Crippen molar-refractivity contribution in [2.24, 2.45) is 5.92 Å². The number of carbonyl (C=O) groups excluding carboxylic acids is 1. The molecule has 1 amide bonds. The molecule has 3 rings (SSSR count). The van der Waals surface area contributed by atoms with Gasteiger partial charge in [0.1, 0.15) is 12.4 Å². The smallest absolute Gasteiger partial charge is 0.244 e. The standard InChI is InChI=1S/C17H18FN5OS/c1-11(2)16(14-4-3-9-25-14)19-15(24)10-23-21-17(20-22-23)12-5-7-13(18)8-6-12/h3-9,11,16H,10H2,1-2H3,(H,19,24)/t16-/m1/s1. The van der Waals surface area contributed by atoms with Gasteiger partial charge in [-0.05, 0) is 46.8 Å². The van der Waals surface area contributed by atoms with Crippen LogP contribution in [0.5, 0.6) is 0 Å².